The van der Waals surface area contributed by atoms with Crippen molar-refractivity contribution in [2.75, 3.05) is 39.6 Å². The lowest BCUT2D eigenvalue weighted by molar-refractivity contribution is -0.153. The van der Waals surface area contributed by atoms with Gasteiger partial charge in [-0.05, 0) is 38.5 Å². The van der Waals surface area contributed by atoms with Gasteiger partial charge in [0.1, 0.15) is 0 Å². The first-order chi connectivity index (χ1) is 14.9. The van der Waals surface area contributed by atoms with Crippen molar-refractivity contribution >= 4 is 0 Å². The lowest BCUT2D eigenvalue weighted by Crippen LogP contribution is -2.40. The van der Waals surface area contributed by atoms with E-state index in [0.29, 0.717) is 39.6 Å². The van der Waals surface area contributed by atoms with Gasteiger partial charge >= 0.3 is 0 Å². The SMILES string of the molecule is C1CCC2OCCOC3CCCCC3OCCOC3CCCCC3OCCOC2C1. The van der Waals surface area contributed by atoms with E-state index in [0.717, 1.165) is 38.5 Å². The van der Waals surface area contributed by atoms with Gasteiger partial charge in [-0.15, -0.1) is 0 Å². The van der Waals surface area contributed by atoms with E-state index in [1.807, 2.05) is 0 Å². The molecule has 1 aliphatic heterocycles. The number of rotatable bonds is 0. The number of ether oxygens (including phenoxy) is 6. The summed E-state index contributed by atoms with van der Waals surface area (Å²) in [5, 5.41) is 0. The van der Waals surface area contributed by atoms with Gasteiger partial charge in [0.15, 0.2) is 0 Å². The quantitative estimate of drug-likeness (QED) is 0.583. The van der Waals surface area contributed by atoms with Gasteiger partial charge in [-0.1, -0.05) is 38.5 Å². The van der Waals surface area contributed by atoms with Gasteiger partial charge in [-0.25, -0.2) is 0 Å². The highest BCUT2D eigenvalue weighted by molar-refractivity contribution is 4.80. The lowest BCUT2D eigenvalue weighted by atomic mass is 9.94. The van der Waals surface area contributed by atoms with Crippen molar-refractivity contribution in [3.8, 4) is 0 Å². The van der Waals surface area contributed by atoms with Crippen LogP contribution in [0.3, 0.4) is 0 Å². The fourth-order valence-corrected chi connectivity index (χ4v) is 5.53. The van der Waals surface area contributed by atoms with Crippen LogP contribution in [0, 0.1) is 0 Å². The Morgan fingerprint density at radius 1 is 0.267 bits per heavy atom. The zero-order chi connectivity index (χ0) is 20.4. The molecule has 30 heavy (non-hydrogen) atoms. The fraction of sp³-hybridized carbons (Fsp3) is 1.00. The molecular formula is C24H42O6. The maximum Gasteiger partial charge on any atom is 0.0837 e. The van der Waals surface area contributed by atoms with Crippen LogP contribution in [-0.2, 0) is 28.4 Å². The molecule has 4 rings (SSSR count). The monoisotopic (exact) mass is 426 g/mol. The molecule has 0 aromatic heterocycles. The van der Waals surface area contributed by atoms with Crippen molar-refractivity contribution in [2.24, 2.45) is 0 Å². The van der Waals surface area contributed by atoms with E-state index < -0.39 is 0 Å². The van der Waals surface area contributed by atoms with Crippen LogP contribution in [0.2, 0.25) is 0 Å². The molecule has 0 aromatic rings. The van der Waals surface area contributed by atoms with Gasteiger partial charge in [0.25, 0.3) is 0 Å². The average Bonchev–Trinajstić information content (AvgIpc) is 2.79. The van der Waals surface area contributed by atoms with Crippen molar-refractivity contribution in [1.29, 1.82) is 0 Å². The van der Waals surface area contributed by atoms with Crippen LogP contribution in [0.5, 0.6) is 0 Å². The minimum absolute atomic E-state index is 0.186. The molecule has 6 heteroatoms. The van der Waals surface area contributed by atoms with Crippen molar-refractivity contribution < 1.29 is 28.4 Å². The number of fused-ring (bicyclic) bond motifs is 3. The standard InChI is InChI=1S/C24H42O6/c1-2-8-20-19(7-1)25-13-14-27-21-9-3-4-10-22(21)29-17-18-30-24-12-6-5-11-23(24)28-16-15-26-20/h19-24H,1-18H2. The summed E-state index contributed by atoms with van der Waals surface area (Å²) >= 11 is 0. The zero-order valence-corrected chi connectivity index (χ0v) is 18.6. The van der Waals surface area contributed by atoms with E-state index in [-0.39, 0.29) is 36.6 Å². The van der Waals surface area contributed by atoms with Gasteiger partial charge in [0.05, 0.1) is 76.3 Å². The highest BCUT2D eigenvalue weighted by atomic mass is 16.6. The molecule has 0 spiro atoms. The summed E-state index contributed by atoms with van der Waals surface area (Å²) in [4.78, 5) is 0. The average molecular weight is 427 g/mol. The highest BCUT2D eigenvalue weighted by Gasteiger charge is 2.30. The maximum atomic E-state index is 6.21. The van der Waals surface area contributed by atoms with Crippen LogP contribution in [0.15, 0.2) is 0 Å². The molecule has 1 heterocycles. The van der Waals surface area contributed by atoms with Gasteiger partial charge in [-0.3, -0.25) is 0 Å². The molecule has 6 unspecified atom stereocenters. The number of hydrogen-bond acceptors (Lipinski definition) is 6. The second-order valence-corrected chi connectivity index (χ2v) is 9.31. The minimum Gasteiger partial charge on any atom is -0.373 e. The predicted molar refractivity (Wildman–Crippen MR) is 114 cm³/mol. The van der Waals surface area contributed by atoms with Gasteiger partial charge < -0.3 is 28.4 Å². The molecule has 0 N–H and O–H groups in total. The molecule has 0 bridgehead atoms. The first-order valence-electron chi connectivity index (χ1n) is 12.6. The summed E-state index contributed by atoms with van der Waals surface area (Å²) < 4.78 is 37.2. The van der Waals surface area contributed by atoms with E-state index in [9.17, 15) is 0 Å². The molecule has 6 atom stereocenters. The first-order valence-corrected chi connectivity index (χ1v) is 12.6. The van der Waals surface area contributed by atoms with Gasteiger partial charge in [0, 0.05) is 0 Å². The summed E-state index contributed by atoms with van der Waals surface area (Å²) in [6.45, 7) is 3.82. The lowest BCUT2D eigenvalue weighted by Gasteiger charge is -2.35. The van der Waals surface area contributed by atoms with Crippen LogP contribution >= 0.6 is 0 Å². The molecule has 0 radical (unpaired) electrons. The molecule has 174 valence electrons. The fourth-order valence-electron chi connectivity index (χ4n) is 5.53. The third-order valence-electron chi connectivity index (χ3n) is 7.17. The summed E-state index contributed by atoms with van der Waals surface area (Å²) in [5.41, 5.74) is 0. The van der Waals surface area contributed by atoms with Gasteiger partial charge in [-0.2, -0.15) is 0 Å². The van der Waals surface area contributed by atoms with E-state index in [4.69, 9.17) is 28.4 Å². The van der Waals surface area contributed by atoms with Crippen LogP contribution in [0.1, 0.15) is 77.0 Å². The Hall–Kier alpha value is -0.240. The largest absolute Gasteiger partial charge is 0.373 e. The molecule has 0 amide bonds. The maximum absolute atomic E-state index is 6.21. The summed E-state index contributed by atoms with van der Waals surface area (Å²) in [7, 11) is 0. The second-order valence-electron chi connectivity index (χ2n) is 9.31. The summed E-state index contributed by atoms with van der Waals surface area (Å²) in [5.74, 6) is 0. The highest BCUT2D eigenvalue weighted by Crippen LogP contribution is 2.27. The van der Waals surface area contributed by atoms with E-state index >= 15 is 0 Å². The Kier molecular flexibility index (Phi) is 9.72. The van der Waals surface area contributed by atoms with E-state index in [1.165, 1.54) is 38.5 Å². The molecule has 3 aliphatic carbocycles. The predicted octanol–water partition coefficient (Wildman–Crippen LogP) is 4.03. The second kappa shape index (κ2) is 12.7. The number of hydrogen-bond donors (Lipinski definition) is 0. The Bertz CT molecular complexity index is 366. The van der Waals surface area contributed by atoms with E-state index in [1.54, 1.807) is 0 Å². The first kappa shape index (κ1) is 22.9. The van der Waals surface area contributed by atoms with Crippen molar-refractivity contribution in [3.05, 3.63) is 0 Å². The third-order valence-corrected chi connectivity index (χ3v) is 7.17. The molecule has 6 nitrogen and oxygen atoms in total. The van der Waals surface area contributed by atoms with Crippen LogP contribution in [-0.4, -0.2) is 76.3 Å². The normalized spacial score (nSPS) is 40.8. The smallest absolute Gasteiger partial charge is 0.0837 e. The molecule has 3 saturated carbocycles. The van der Waals surface area contributed by atoms with Crippen LogP contribution in [0.25, 0.3) is 0 Å². The van der Waals surface area contributed by atoms with Crippen LogP contribution < -0.4 is 0 Å². The Balaban J connectivity index is 1.34. The van der Waals surface area contributed by atoms with E-state index in [2.05, 4.69) is 0 Å². The van der Waals surface area contributed by atoms with Crippen molar-refractivity contribution in [2.45, 2.75) is 114 Å². The minimum atomic E-state index is 0.186. The molecule has 1 saturated heterocycles. The molecule has 4 aliphatic rings. The zero-order valence-electron chi connectivity index (χ0n) is 18.6. The topological polar surface area (TPSA) is 55.4 Å². The third kappa shape index (κ3) is 6.88. The van der Waals surface area contributed by atoms with Gasteiger partial charge in [0.2, 0.25) is 0 Å². The Morgan fingerprint density at radius 2 is 0.433 bits per heavy atom. The van der Waals surface area contributed by atoms with Crippen molar-refractivity contribution in [3.63, 3.8) is 0 Å². The van der Waals surface area contributed by atoms with Crippen molar-refractivity contribution in [1.82, 2.24) is 0 Å². The van der Waals surface area contributed by atoms with Crippen LogP contribution in [0.4, 0.5) is 0 Å². The molecular weight excluding hydrogens is 384 g/mol. The molecule has 0 aromatic carbocycles. The summed E-state index contributed by atoms with van der Waals surface area (Å²) in [6, 6.07) is 0. The Labute approximate surface area is 182 Å². The summed E-state index contributed by atoms with van der Waals surface area (Å²) in [6.07, 6.45) is 15.0. The molecule has 4 fully saturated rings. The Morgan fingerprint density at radius 3 is 0.600 bits per heavy atom.